The Morgan fingerprint density at radius 1 is 0.978 bits per heavy atom. The van der Waals surface area contributed by atoms with E-state index in [1.165, 1.54) is 50.4 Å². The van der Waals surface area contributed by atoms with Crippen molar-refractivity contribution in [2.45, 2.75) is 31.9 Å². The summed E-state index contributed by atoms with van der Waals surface area (Å²) in [4.78, 5) is 16.0. The topological polar surface area (TPSA) is 82.8 Å². The highest BCUT2D eigenvalue weighted by molar-refractivity contribution is 5.92. The molecule has 7 nitrogen and oxygen atoms in total. The molecule has 0 amide bonds. The Morgan fingerprint density at radius 2 is 1.72 bits per heavy atom. The minimum Gasteiger partial charge on any atom is -0.478 e. The number of imidazole rings is 1. The molecular weight excluding hydrogens is 618 g/mol. The molecule has 0 radical (unpaired) electrons. The number of para-hydroxylation sites is 1. The van der Waals surface area contributed by atoms with E-state index in [1.54, 1.807) is 4.57 Å². The van der Waals surface area contributed by atoms with Gasteiger partial charge in [-0.15, -0.1) is 0 Å². The van der Waals surface area contributed by atoms with E-state index < -0.39 is 40.9 Å². The maximum atomic E-state index is 15.7. The summed E-state index contributed by atoms with van der Waals surface area (Å²) in [7, 11) is 1.48. The molecule has 0 saturated carbocycles. The van der Waals surface area contributed by atoms with Crippen molar-refractivity contribution in [2.75, 3.05) is 13.7 Å². The third-order valence-electron chi connectivity index (χ3n) is 7.75. The van der Waals surface area contributed by atoms with Crippen LogP contribution in [0.1, 0.15) is 39.8 Å². The molecule has 0 fully saturated rings. The third-order valence-corrected chi connectivity index (χ3v) is 7.75. The van der Waals surface area contributed by atoms with Gasteiger partial charge in [-0.2, -0.15) is 13.2 Å². The van der Waals surface area contributed by atoms with Crippen molar-refractivity contribution in [3.63, 3.8) is 0 Å². The molecular formula is C33H24F6N2O5. The monoisotopic (exact) mass is 642 g/mol. The predicted octanol–water partition coefficient (Wildman–Crippen LogP) is 7.72. The summed E-state index contributed by atoms with van der Waals surface area (Å²) < 4.78 is 104. The van der Waals surface area contributed by atoms with Crippen molar-refractivity contribution in [1.82, 2.24) is 9.55 Å². The van der Waals surface area contributed by atoms with Crippen LogP contribution < -0.4 is 9.47 Å². The maximum Gasteiger partial charge on any atom is 0.416 e. The minimum absolute atomic E-state index is 0.0199. The Morgan fingerprint density at radius 3 is 2.37 bits per heavy atom. The van der Waals surface area contributed by atoms with Gasteiger partial charge in [0, 0.05) is 38.1 Å². The minimum atomic E-state index is -4.76. The lowest BCUT2D eigenvalue weighted by Gasteiger charge is -2.24. The second-order valence-corrected chi connectivity index (χ2v) is 10.8. The quantitative estimate of drug-likeness (QED) is 0.175. The Balaban J connectivity index is 1.34. The van der Waals surface area contributed by atoms with Gasteiger partial charge in [0.2, 0.25) is 0 Å². The van der Waals surface area contributed by atoms with Crippen LogP contribution in [-0.2, 0) is 29.7 Å². The molecule has 0 saturated heterocycles. The molecule has 1 aliphatic heterocycles. The van der Waals surface area contributed by atoms with Gasteiger partial charge >= 0.3 is 12.1 Å². The second kappa shape index (κ2) is 11.4. The third kappa shape index (κ3) is 5.51. The molecule has 2 heterocycles. The first-order valence-corrected chi connectivity index (χ1v) is 13.9. The Kier molecular flexibility index (Phi) is 7.67. The van der Waals surface area contributed by atoms with E-state index in [1.807, 2.05) is 0 Å². The summed E-state index contributed by atoms with van der Waals surface area (Å²) in [6.45, 7) is 1.80. The van der Waals surface area contributed by atoms with Crippen LogP contribution in [0.3, 0.4) is 0 Å². The largest absolute Gasteiger partial charge is 0.478 e. The van der Waals surface area contributed by atoms with Crippen LogP contribution in [0.15, 0.2) is 66.7 Å². The van der Waals surface area contributed by atoms with Crippen molar-refractivity contribution >= 4 is 17.0 Å². The fourth-order valence-electron chi connectivity index (χ4n) is 5.48. The van der Waals surface area contributed by atoms with Gasteiger partial charge in [0.05, 0.1) is 34.3 Å². The fourth-order valence-corrected chi connectivity index (χ4v) is 5.48. The van der Waals surface area contributed by atoms with Crippen molar-refractivity contribution in [2.24, 2.45) is 0 Å². The van der Waals surface area contributed by atoms with Crippen LogP contribution >= 0.6 is 0 Å². The first-order chi connectivity index (χ1) is 21.8. The number of carboxylic acids is 1. The van der Waals surface area contributed by atoms with Crippen LogP contribution in [0.2, 0.25) is 0 Å². The first kappa shape index (κ1) is 31.0. The molecule has 4 aromatic carbocycles. The first-order valence-electron chi connectivity index (χ1n) is 13.9. The zero-order chi connectivity index (χ0) is 33.0. The van der Waals surface area contributed by atoms with Crippen LogP contribution in [0.5, 0.6) is 11.5 Å². The summed E-state index contributed by atoms with van der Waals surface area (Å²) in [5.41, 5.74) is -0.578. The van der Waals surface area contributed by atoms with Crippen molar-refractivity contribution < 1.29 is 50.5 Å². The average Bonchev–Trinajstić information content (AvgIpc) is 3.53. The van der Waals surface area contributed by atoms with Crippen molar-refractivity contribution in [1.29, 1.82) is 0 Å². The summed E-state index contributed by atoms with van der Waals surface area (Å²) in [5.74, 6) is -5.62. The number of hydrogen-bond donors (Lipinski definition) is 1. The number of rotatable bonds is 8. The number of alkyl halides is 3. The number of aromatic nitrogens is 2. The number of hydrogen-bond acceptors (Lipinski definition) is 5. The van der Waals surface area contributed by atoms with Crippen molar-refractivity contribution in [3.8, 4) is 22.6 Å². The number of aromatic carboxylic acids is 1. The van der Waals surface area contributed by atoms with Crippen LogP contribution in [0.4, 0.5) is 26.3 Å². The summed E-state index contributed by atoms with van der Waals surface area (Å²) >= 11 is 0. The highest BCUT2D eigenvalue weighted by atomic mass is 19.4. The van der Waals surface area contributed by atoms with E-state index in [4.69, 9.17) is 14.2 Å². The van der Waals surface area contributed by atoms with E-state index in [2.05, 4.69) is 4.98 Å². The molecule has 46 heavy (non-hydrogen) atoms. The van der Waals surface area contributed by atoms with Crippen LogP contribution in [0, 0.1) is 17.5 Å². The maximum absolute atomic E-state index is 15.7. The summed E-state index contributed by atoms with van der Waals surface area (Å²) in [6, 6.07) is 13.0. The molecule has 1 unspecified atom stereocenters. The fraction of sp³-hybridized carbons (Fsp3) is 0.212. The van der Waals surface area contributed by atoms with E-state index >= 15 is 8.78 Å². The van der Waals surface area contributed by atoms with E-state index in [9.17, 15) is 27.5 Å². The van der Waals surface area contributed by atoms with Gasteiger partial charge < -0.3 is 23.9 Å². The molecule has 5 aromatic rings. The van der Waals surface area contributed by atoms with Crippen molar-refractivity contribution in [3.05, 3.63) is 112 Å². The molecule has 1 aliphatic rings. The molecule has 238 valence electrons. The van der Waals surface area contributed by atoms with Crippen LogP contribution in [-0.4, -0.2) is 34.3 Å². The predicted molar refractivity (Wildman–Crippen MR) is 153 cm³/mol. The molecule has 0 spiro atoms. The van der Waals surface area contributed by atoms with Gasteiger partial charge in [0.1, 0.15) is 23.3 Å². The Hall–Kier alpha value is -5.04. The number of halogens is 6. The van der Waals surface area contributed by atoms with Gasteiger partial charge in [0.25, 0.3) is 5.79 Å². The molecule has 1 atom stereocenters. The number of nitrogens with zero attached hydrogens (tertiary/aromatic N) is 2. The number of methoxy groups -OCH3 is 1. The SMILES string of the molecule is COCCn1c(Cc2c(F)cc(-c3cccc4c3OC(C)(c3ccc(C(F)(F)F)cc3F)O4)cc2F)nc2ccc(C(=O)O)cc21. The molecule has 0 aliphatic carbocycles. The number of carboxylic acid groups (broad SMARTS) is 1. The van der Waals surface area contributed by atoms with Crippen LogP contribution in [0.25, 0.3) is 22.2 Å². The van der Waals surface area contributed by atoms with Gasteiger partial charge in [-0.1, -0.05) is 12.1 Å². The number of ether oxygens (including phenoxy) is 3. The normalized spacial score (nSPS) is 15.9. The van der Waals surface area contributed by atoms with Gasteiger partial charge in [0.15, 0.2) is 11.5 Å². The number of carbonyl (C=O) groups is 1. The van der Waals surface area contributed by atoms with E-state index in [-0.39, 0.29) is 64.7 Å². The molecule has 13 heteroatoms. The Bertz CT molecular complexity index is 1980. The molecule has 1 aromatic heterocycles. The zero-order valence-electron chi connectivity index (χ0n) is 24.2. The number of benzene rings is 4. The molecule has 0 bridgehead atoms. The zero-order valence-corrected chi connectivity index (χ0v) is 24.2. The highest BCUT2D eigenvalue weighted by Crippen LogP contribution is 2.50. The number of fused-ring (bicyclic) bond motifs is 2. The summed E-state index contributed by atoms with van der Waals surface area (Å²) in [5, 5.41) is 9.42. The Labute approximate surface area is 257 Å². The van der Waals surface area contributed by atoms with Gasteiger partial charge in [-0.25, -0.2) is 22.9 Å². The standard InChI is InChI=1S/C33H24F6N2O5/c1-32(22-8-7-19(15-25(22)36)33(37,38)39)45-28-5-3-4-20(30(28)46-32)18-12-23(34)21(24(35)13-18)16-29-40-26-9-6-17(31(42)43)14-27(26)41(29)10-11-44-2/h3-9,12-15H,10-11,16H2,1-2H3,(H,42,43). The molecule has 1 N–H and O–H groups in total. The smallest absolute Gasteiger partial charge is 0.416 e. The highest BCUT2D eigenvalue weighted by Gasteiger charge is 2.43. The summed E-state index contributed by atoms with van der Waals surface area (Å²) in [6.07, 6.45) is -5.02. The lowest BCUT2D eigenvalue weighted by Crippen LogP contribution is -2.33. The average molecular weight is 643 g/mol. The molecule has 6 rings (SSSR count). The lowest BCUT2D eigenvalue weighted by atomic mass is 10.00. The van der Waals surface area contributed by atoms with E-state index in [0.29, 0.717) is 23.2 Å². The van der Waals surface area contributed by atoms with Gasteiger partial charge in [-0.3, -0.25) is 0 Å². The van der Waals surface area contributed by atoms with Gasteiger partial charge in [-0.05, 0) is 60.2 Å². The second-order valence-electron chi connectivity index (χ2n) is 10.8. The van der Waals surface area contributed by atoms with E-state index in [0.717, 1.165) is 18.2 Å². The lowest BCUT2D eigenvalue weighted by molar-refractivity contribution is -0.138.